The highest BCUT2D eigenvalue weighted by molar-refractivity contribution is 6.32. The predicted molar refractivity (Wildman–Crippen MR) is 167 cm³/mol. The second-order valence-electron chi connectivity index (χ2n) is 11.9. The molecule has 5 rings (SSSR count). The molecule has 2 amide bonds. The third kappa shape index (κ3) is 6.99. The Morgan fingerprint density at radius 3 is 2.33 bits per heavy atom. The zero-order valence-electron chi connectivity index (χ0n) is 24.9. The molecule has 0 N–H and O–H groups in total. The molecule has 0 aromatic heterocycles. The van der Waals surface area contributed by atoms with Crippen LogP contribution in [-0.2, 0) is 16.1 Å². The highest BCUT2D eigenvalue weighted by Crippen LogP contribution is 2.37. The number of amides is 2. The van der Waals surface area contributed by atoms with E-state index in [0.717, 1.165) is 40.7 Å². The number of carbonyl (C=O) groups is 2. The summed E-state index contributed by atoms with van der Waals surface area (Å²) in [6.45, 7) is 9.01. The summed E-state index contributed by atoms with van der Waals surface area (Å²) in [6, 6.07) is 24.3. The summed E-state index contributed by atoms with van der Waals surface area (Å²) >= 11 is 6.49. The average molecular weight is 587 g/mol. The zero-order valence-corrected chi connectivity index (χ0v) is 25.6. The number of hydrogen-bond donors (Lipinski definition) is 0. The van der Waals surface area contributed by atoms with Gasteiger partial charge in [-0.25, -0.2) is 4.79 Å². The lowest BCUT2D eigenvalue weighted by Gasteiger charge is -2.34. The van der Waals surface area contributed by atoms with Gasteiger partial charge < -0.3 is 19.3 Å². The lowest BCUT2D eigenvalue weighted by atomic mass is 9.90. The number of para-hydroxylation sites is 1. The SMILES string of the molecule is CCOc1c(Cl)cccc1CN(C(=O)C1=C(c2cccc(-c3ccccc3)c2)CCN(C(=O)OC(C)(C)C)C1)C1CC1. The maximum absolute atomic E-state index is 14.5. The zero-order chi connectivity index (χ0) is 29.9. The van der Waals surface area contributed by atoms with Gasteiger partial charge in [0.15, 0.2) is 0 Å². The molecule has 3 aromatic carbocycles. The van der Waals surface area contributed by atoms with E-state index in [9.17, 15) is 9.59 Å². The highest BCUT2D eigenvalue weighted by atomic mass is 35.5. The number of carbonyl (C=O) groups excluding carboxylic acids is 2. The number of rotatable bonds is 8. The highest BCUT2D eigenvalue weighted by Gasteiger charge is 2.38. The van der Waals surface area contributed by atoms with Crippen molar-refractivity contribution in [3.63, 3.8) is 0 Å². The van der Waals surface area contributed by atoms with Crippen molar-refractivity contribution in [3.8, 4) is 16.9 Å². The van der Waals surface area contributed by atoms with Crippen molar-refractivity contribution < 1.29 is 19.1 Å². The number of nitrogens with zero attached hydrogens (tertiary/aromatic N) is 2. The molecular formula is C35H39ClN2O4. The van der Waals surface area contributed by atoms with Crippen LogP contribution in [0.3, 0.4) is 0 Å². The third-order valence-electron chi connectivity index (χ3n) is 7.50. The van der Waals surface area contributed by atoms with Gasteiger partial charge in [-0.2, -0.15) is 0 Å². The fourth-order valence-corrected chi connectivity index (χ4v) is 5.62. The van der Waals surface area contributed by atoms with Gasteiger partial charge in [-0.15, -0.1) is 0 Å². The van der Waals surface area contributed by atoms with E-state index in [1.807, 2.05) is 69.0 Å². The third-order valence-corrected chi connectivity index (χ3v) is 7.80. The standard InChI is InChI=1S/C35H39ClN2O4/c1-5-41-32-27(15-10-16-31(32)36)22-38(28-17-18-28)33(39)30-23-37(34(40)42-35(2,3)4)20-19-29(30)26-14-9-13-25(21-26)24-11-7-6-8-12-24/h6-16,21,28H,5,17-20,22-23H2,1-4H3. The number of hydrogen-bond acceptors (Lipinski definition) is 4. The maximum Gasteiger partial charge on any atom is 0.410 e. The Labute approximate surface area is 253 Å². The van der Waals surface area contributed by atoms with Gasteiger partial charge in [0.1, 0.15) is 11.4 Å². The van der Waals surface area contributed by atoms with Crippen LogP contribution in [0, 0.1) is 0 Å². The number of benzene rings is 3. The van der Waals surface area contributed by atoms with Crippen molar-refractivity contribution in [1.29, 1.82) is 0 Å². The van der Waals surface area contributed by atoms with Gasteiger partial charge in [0.2, 0.25) is 0 Å². The van der Waals surface area contributed by atoms with Crippen LogP contribution in [0.2, 0.25) is 5.02 Å². The van der Waals surface area contributed by atoms with Gasteiger partial charge in [-0.05, 0) is 81.4 Å². The van der Waals surface area contributed by atoms with Crippen molar-refractivity contribution >= 4 is 29.2 Å². The van der Waals surface area contributed by atoms with E-state index >= 15 is 0 Å². The van der Waals surface area contributed by atoms with E-state index in [0.29, 0.717) is 42.5 Å². The first-order valence-corrected chi connectivity index (χ1v) is 15.1. The molecule has 1 fully saturated rings. The average Bonchev–Trinajstić information content (AvgIpc) is 3.82. The van der Waals surface area contributed by atoms with E-state index in [-0.39, 0.29) is 18.5 Å². The van der Waals surface area contributed by atoms with Crippen molar-refractivity contribution in [2.75, 3.05) is 19.7 Å². The molecule has 6 nitrogen and oxygen atoms in total. The topological polar surface area (TPSA) is 59.1 Å². The first-order valence-electron chi connectivity index (χ1n) is 14.7. The second kappa shape index (κ2) is 12.6. The molecule has 0 bridgehead atoms. The first kappa shape index (κ1) is 29.7. The van der Waals surface area contributed by atoms with Crippen molar-refractivity contribution in [2.45, 2.75) is 65.1 Å². The van der Waals surface area contributed by atoms with E-state index in [2.05, 4.69) is 30.3 Å². The van der Waals surface area contributed by atoms with Gasteiger partial charge in [0.25, 0.3) is 5.91 Å². The Kier molecular flexibility index (Phi) is 8.93. The molecule has 0 unspecified atom stereocenters. The van der Waals surface area contributed by atoms with Crippen molar-refractivity contribution in [1.82, 2.24) is 9.80 Å². The van der Waals surface area contributed by atoms with Crippen LogP contribution in [0.1, 0.15) is 58.1 Å². The van der Waals surface area contributed by atoms with Gasteiger partial charge in [0.05, 0.1) is 18.2 Å². The molecule has 0 radical (unpaired) electrons. The largest absolute Gasteiger partial charge is 0.492 e. The smallest absolute Gasteiger partial charge is 0.410 e. The van der Waals surface area contributed by atoms with E-state index in [1.54, 1.807) is 11.0 Å². The molecule has 0 spiro atoms. The minimum Gasteiger partial charge on any atom is -0.492 e. The Hall–Kier alpha value is -3.77. The second-order valence-corrected chi connectivity index (χ2v) is 12.3. The van der Waals surface area contributed by atoms with Crippen LogP contribution in [0.25, 0.3) is 16.7 Å². The number of ether oxygens (including phenoxy) is 2. The molecule has 2 aliphatic rings. The predicted octanol–water partition coefficient (Wildman–Crippen LogP) is 7.99. The van der Waals surface area contributed by atoms with Crippen LogP contribution >= 0.6 is 11.6 Å². The summed E-state index contributed by atoms with van der Waals surface area (Å²) in [5, 5.41) is 0.531. The first-order chi connectivity index (χ1) is 20.1. The van der Waals surface area contributed by atoms with Crippen LogP contribution in [0.4, 0.5) is 4.79 Å². The minimum absolute atomic E-state index is 0.0618. The number of halogens is 1. The molecule has 42 heavy (non-hydrogen) atoms. The summed E-state index contributed by atoms with van der Waals surface area (Å²) in [5.74, 6) is 0.553. The van der Waals surface area contributed by atoms with Crippen molar-refractivity contribution in [3.05, 3.63) is 94.5 Å². The van der Waals surface area contributed by atoms with E-state index in [1.165, 1.54) is 0 Å². The van der Waals surface area contributed by atoms with Gasteiger partial charge >= 0.3 is 6.09 Å². The van der Waals surface area contributed by atoms with Crippen LogP contribution < -0.4 is 4.74 Å². The fraction of sp³-hybridized carbons (Fsp3) is 0.371. The maximum atomic E-state index is 14.5. The Morgan fingerprint density at radius 2 is 1.64 bits per heavy atom. The lowest BCUT2D eigenvalue weighted by molar-refractivity contribution is -0.128. The van der Waals surface area contributed by atoms with Gasteiger partial charge in [0, 0.05) is 30.3 Å². The summed E-state index contributed by atoms with van der Waals surface area (Å²) in [6.07, 6.45) is 2.03. The molecule has 0 atom stereocenters. The summed E-state index contributed by atoms with van der Waals surface area (Å²) in [7, 11) is 0. The molecule has 7 heteroatoms. The van der Waals surface area contributed by atoms with Crippen LogP contribution in [0.15, 0.2) is 78.4 Å². The quantitative estimate of drug-likeness (QED) is 0.268. The van der Waals surface area contributed by atoms with E-state index in [4.69, 9.17) is 21.1 Å². The van der Waals surface area contributed by atoms with E-state index < -0.39 is 11.7 Å². The lowest BCUT2D eigenvalue weighted by Crippen LogP contribution is -2.44. The van der Waals surface area contributed by atoms with Gasteiger partial charge in [-0.1, -0.05) is 72.3 Å². The molecule has 220 valence electrons. The monoisotopic (exact) mass is 586 g/mol. The molecular weight excluding hydrogens is 548 g/mol. The Morgan fingerprint density at radius 1 is 0.952 bits per heavy atom. The van der Waals surface area contributed by atoms with Crippen LogP contribution in [0.5, 0.6) is 5.75 Å². The summed E-state index contributed by atoms with van der Waals surface area (Å²) < 4.78 is 11.6. The Balaban J connectivity index is 1.54. The summed E-state index contributed by atoms with van der Waals surface area (Å²) in [4.78, 5) is 31.3. The molecule has 1 aliphatic carbocycles. The van der Waals surface area contributed by atoms with Crippen LogP contribution in [-0.4, -0.2) is 53.1 Å². The minimum atomic E-state index is -0.627. The normalized spacial score (nSPS) is 15.4. The Bertz CT molecular complexity index is 1470. The fourth-order valence-electron chi connectivity index (χ4n) is 5.37. The molecule has 1 heterocycles. The molecule has 0 saturated heterocycles. The van der Waals surface area contributed by atoms with Gasteiger partial charge in [-0.3, -0.25) is 4.79 Å². The van der Waals surface area contributed by atoms with Crippen molar-refractivity contribution in [2.24, 2.45) is 0 Å². The molecule has 3 aromatic rings. The molecule has 1 aliphatic heterocycles. The molecule has 1 saturated carbocycles. The summed E-state index contributed by atoms with van der Waals surface area (Å²) in [5.41, 5.74) is 5.04.